The number of aliphatic hydroxyl groups excluding tert-OH is 5. The Balaban J connectivity index is 2.13. The van der Waals surface area contributed by atoms with Crippen molar-refractivity contribution in [3.8, 4) is 0 Å². The highest BCUT2D eigenvalue weighted by atomic mass is 16.7. The lowest BCUT2D eigenvalue weighted by Crippen LogP contribution is -2.65. The van der Waals surface area contributed by atoms with Crippen molar-refractivity contribution in [2.45, 2.75) is 55.3 Å². The van der Waals surface area contributed by atoms with Crippen LogP contribution < -0.4 is 5.11 Å². The van der Waals surface area contributed by atoms with Gasteiger partial charge in [-0.05, 0) is 0 Å². The van der Waals surface area contributed by atoms with Crippen molar-refractivity contribution in [2.24, 2.45) is 0 Å². The van der Waals surface area contributed by atoms with Gasteiger partial charge in [0.05, 0.1) is 12.6 Å². The van der Waals surface area contributed by atoms with Crippen LogP contribution in [0.3, 0.4) is 0 Å². The van der Waals surface area contributed by atoms with Gasteiger partial charge in [0.15, 0.2) is 12.6 Å². The second-order valence-corrected chi connectivity index (χ2v) is 5.31. The summed E-state index contributed by atoms with van der Waals surface area (Å²) in [6.07, 6.45) is -14.5. The van der Waals surface area contributed by atoms with E-state index >= 15 is 0 Å². The number of hydrogen-bond acceptors (Lipinski definition) is 11. The lowest BCUT2D eigenvalue weighted by atomic mass is 9.98. The molecule has 0 aromatic heterocycles. The zero-order chi connectivity index (χ0) is 17.3. The van der Waals surface area contributed by atoms with Gasteiger partial charge in [0.1, 0.15) is 42.7 Å². The van der Waals surface area contributed by atoms with Gasteiger partial charge in [-0.15, -0.1) is 0 Å². The van der Waals surface area contributed by atoms with Gasteiger partial charge in [0.2, 0.25) is 0 Å². The van der Waals surface area contributed by atoms with Gasteiger partial charge in [0.25, 0.3) is 0 Å². The van der Waals surface area contributed by atoms with Crippen molar-refractivity contribution in [3.05, 3.63) is 0 Å². The Morgan fingerprint density at radius 2 is 1.74 bits per heavy atom. The van der Waals surface area contributed by atoms with Crippen molar-refractivity contribution in [1.29, 1.82) is 0 Å². The summed E-state index contributed by atoms with van der Waals surface area (Å²) >= 11 is 0. The van der Waals surface area contributed by atoms with Crippen LogP contribution in [0.2, 0.25) is 0 Å². The highest BCUT2D eigenvalue weighted by Crippen LogP contribution is 2.27. The van der Waals surface area contributed by atoms with Gasteiger partial charge in [-0.2, -0.15) is 0 Å². The van der Waals surface area contributed by atoms with Gasteiger partial charge in [0, 0.05) is 7.11 Å². The molecule has 5 N–H and O–H groups in total. The second kappa shape index (κ2) is 7.34. The van der Waals surface area contributed by atoms with Crippen LogP contribution in [0.1, 0.15) is 0 Å². The Labute approximate surface area is 130 Å². The lowest BCUT2D eigenvalue weighted by Gasteiger charge is -2.44. The van der Waals surface area contributed by atoms with Gasteiger partial charge < -0.3 is 54.4 Å². The summed E-state index contributed by atoms with van der Waals surface area (Å²) in [5.74, 6) is -1.71. The summed E-state index contributed by atoms with van der Waals surface area (Å²) in [7, 11) is 1.11. The molecular formula is C12H19O11-. The molecule has 2 aliphatic heterocycles. The third kappa shape index (κ3) is 3.63. The molecule has 0 aliphatic carbocycles. The molecule has 2 saturated heterocycles. The highest BCUT2D eigenvalue weighted by Gasteiger charge is 2.49. The topological polar surface area (TPSA) is 178 Å². The van der Waals surface area contributed by atoms with Crippen LogP contribution in [-0.2, 0) is 23.7 Å². The van der Waals surface area contributed by atoms with Gasteiger partial charge in [-0.1, -0.05) is 0 Å². The van der Waals surface area contributed by atoms with Crippen molar-refractivity contribution in [2.75, 3.05) is 13.7 Å². The molecule has 0 aromatic carbocycles. The molecule has 0 amide bonds. The van der Waals surface area contributed by atoms with Crippen LogP contribution in [0.5, 0.6) is 0 Å². The van der Waals surface area contributed by atoms with Crippen LogP contribution in [0.4, 0.5) is 0 Å². The zero-order valence-corrected chi connectivity index (χ0v) is 12.1. The smallest absolute Gasteiger partial charge is 0.187 e. The SMILES string of the molecule is CO[C@H]1[C@H](O)[C@@H](O)[C@@H](O[C@@H]2[C@@H](O)[C@H](O)CO[C@H]2O)O[C@@H]1C(=O)[O-]. The van der Waals surface area contributed by atoms with E-state index in [1.165, 1.54) is 0 Å². The van der Waals surface area contributed by atoms with Crippen molar-refractivity contribution < 1.29 is 54.4 Å². The molecule has 2 rings (SSSR count). The highest BCUT2D eigenvalue weighted by molar-refractivity contribution is 5.71. The van der Waals surface area contributed by atoms with Crippen LogP contribution in [0, 0.1) is 0 Å². The Bertz CT molecular complexity index is 418. The molecule has 11 nitrogen and oxygen atoms in total. The molecule has 9 atom stereocenters. The number of ether oxygens (including phenoxy) is 4. The summed E-state index contributed by atoms with van der Waals surface area (Å²) in [6, 6.07) is 0. The van der Waals surface area contributed by atoms with Gasteiger partial charge in [-0.3, -0.25) is 0 Å². The maximum Gasteiger partial charge on any atom is 0.187 e. The summed E-state index contributed by atoms with van der Waals surface area (Å²) < 4.78 is 19.6. The van der Waals surface area contributed by atoms with Crippen LogP contribution >= 0.6 is 0 Å². The number of carbonyl (C=O) groups excluding carboxylic acids is 1. The fraction of sp³-hybridized carbons (Fsp3) is 0.917. The fourth-order valence-electron chi connectivity index (χ4n) is 2.48. The number of aliphatic hydroxyl groups is 5. The largest absolute Gasteiger partial charge is 0.547 e. The molecule has 0 unspecified atom stereocenters. The Kier molecular flexibility index (Phi) is 5.89. The maximum atomic E-state index is 11.1. The number of carboxylic acids is 1. The van der Waals surface area contributed by atoms with E-state index in [0.29, 0.717) is 0 Å². The minimum absolute atomic E-state index is 0.341. The van der Waals surface area contributed by atoms with E-state index in [2.05, 4.69) is 0 Å². The van der Waals surface area contributed by atoms with Crippen LogP contribution in [0.25, 0.3) is 0 Å². The molecule has 0 bridgehead atoms. The van der Waals surface area contributed by atoms with E-state index in [-0.39, 0.29) is 6.61 Å². The van der Waals surface area contributed by atoms with E-state index in [9.17, 15) is 35.4 Å². The normalized spacial score (nSPS) is 48.2. The Hall–Kier alpha value is -0.890. The number of carbonyl (C=O) groups is 1. The third-order valence-electron chi connectivity index (χ3n) is 3.79. The monoisotopic (exact) mass is 339 g/mol. The Morgan fingerprint density at radius 1 is 1.09 bits per heavy atom. The average molecular weight is 339 g/mol. The second-order valence-electron chi connectivity index (χ2n) is 5.31. The third-order valence-corrected chi connectivity index (χ3v) is 3.79. The van der Waals surface area contributed by atoms with Crippen LogP contribution in [-0.4, -0.2) is 101 Å². The number of methoxy groups -OCH3 is 1. The molecule has 0 radical (unpaired) electrons. The predicted octanol–water partition coefficient (Wildman–Crippen LogP) is -5.35. The predicted molar refractivity (Wildman–Crippen MR) is 65.3 cm³/mol. The number of hydrogen-bond donors (Lipinski definition) is 5. The minimum atomic E-state index is -1.76. The standard InChI is InChI=1S/C12H20O11/c1-20-7-5(15)6(16)12(23-9(7)10(17)18)22-8-4(14)3(13)2-21-11(8)19/h3-9,11-16,19H,2H2,1H3,(H,17,18)/p-1/t3-,4+,5-,6-,7+,8-,9+,11-,12+/m1/s1. The fourth-order valence-corrected chi connectivity index (χ4v) is 2.48. The molecular weight excluding hydrogens is 320 g/mol. The summed E-state index contributed by atoms with van der Waals surface area (Å²) in [4.78, 5) is 11.1. The molecule has 134 valence electrons. The number of rotatable bonds is 4. The Morgan fingerprint density at radius 3 is 2.30 bits per heavy atom. The lowest BCUT2D eigenvalue weighted by molar-refractivity contribution is -0.370. The van der Waals surface area contributed by atoms with E-state index in [0.717, 1.165) is 7.11 Å². The molecule has 2 aliphatic rings. The van der Waals surface area contributed by atoms with E-state index in [1.807, 2.05) is 0 Å². The first kappa shape index (κ1) is 18.4. The first-order valence-corrected chi connectivity index (χ1v) is 6.84. The molecule has 2 heterocycles. The zero-order valence-electron chi connectivity index (χ0n) is 12.1. The summed E-state index contributed by atoms with van der Waals surface area (Å²) in [5.41, 5.74) is 0. The van der Waals surface area contributed by atoms with Crippen molar-refractivity contribution in [1.82, 2.24) is 0 Å². The van der Waals surface area contributed by atoms with Gasteiger partial charge >= 0.3 is 0 Å². The van der Waals surface area contributed by atoms with Crippen molar-refractivity contribution in [3.63, 3.8) is 0 Å². The first-order chi connectivity index (χ1) is 10.8. The van der Waals surface area contributed by atoms with E-state index in [1.54, 1.807) is 0 Å². The molecule has 0 saturated carbocycles. The summed E-state index contributed by atoms with van der Waals surface area (Å²) in [6.45, 7) is -0.341. The molecule has 23 heavy (non-hydrogen) atoms. The number of carboxylic acid groups (broad SMARTS) is 1. The van der Waals surface area contributed by atoms with Gasteiger partial charge in [-0.25, -0.2) is 0 Å². The number of aliphatic carboxylic acids is 1. The minimum Gasteiger partial charge on any atom is -0.547 e. The molecule has 2 fully saturated rings. The molecule has 0 spiro atoms. The van der Waals surface area contributed by atoms with E-state index in [4.69, 9.17) is 18.9 Å². The van der Waals surface area contributed by atoms with Crippen molar-refractivity contribution >= 4 is 5.97 Å². The first-order valence-electron chi connectivity index (χ1n) is 6.84. The molecule has 11 heteroatoms. The maximum absolute atomic E-state index is 11.1. The van der Waals surface area contributed by atoms with E-state index < -0.39 is 61.3 Å². The quantitative estimate of drug-likeness (QED) is 0.330. The van der Waals surface area contributed by atoms with Crippen LogP contribution in [0.15, 0.2) is 0 Å². The average Bonchev–Trinajstić information content (AvgIpc) is 2.51. The summed E-state index contributed by atoms with van der Waals surface area (Å²) in [5, 5.41) is 59.9. The molecule has 0 aromatic rings.